The summed E-state index contributed by atoms with van der Waals surface area (Å²) in [6, 6.07) is 15.7. The van der Waals surface area contributed by atoms with Gasteiger partial charge in [0, 0.05) is 29.0 Å². The Morgan fingerprint density at radius 3 is 2.35 bits per heavy atom. The van der Waals surface area contributed by atoms with Crippen molar-refractivity contribution in [3.63, 3.8) is 0 Å². The molecule has 0 spiro atoms. The molecule has 7 nitrogen and oxygen atoms in total. The van der Waals surface area contributed by atoms with Crippen molar-refractivity contribution in [1.29, 1.82) is 0 Å². The number of amides is 1. The molecule has 0 atom stereocenters. The molecule has 3 aromatic carbocycles. The van der Waals surface area contributed by atoms with Crippen molar-refractivity contribution in [2.45, 2.75) is 27.3 Å². The number of carbonyl (C=O) groups excluding carboxylic acids is 1. The number of ether oxygens (including phenoxy) is 2. The summed E-state index contributed by atoms with van der Waals surface area (Å²) in [6.07, 6.45) is 0. The van der Waals surface area contributed by atoms with Crippen molar-refractivity contribution in [1.82, 2.24) is 0 Å². The van der Waals surface area contributed by atoms with Gasteiger partial charge in [-0.15, -0.1) is 0 Å². The maximum absolute atomic E-state index is 12.3. The van der Waals surface area contributed by atoms with Crippen molar-refractivity contribution < 1.29 is 24.2 Å². The van der Waals surface area contributed by atoms with Crippen LogP contribution in [-0.2, 0) is 11.3 Å². The maximum Gasteiger partial charge on any atom is 0.335 e. The number of hydrogen-bond donors (Lipinski definition) is 3. The van der Waals surface area contributed by atoms with Gasteiger partial charge < -0.3 is 25.2 Å². The Labute approximate surface area is 203 Å². The van der Waals surface area contributed by atoms with E-state index in [0.717, 1.165) is 16.7 Å². The standard InChI is InChI=1S/C26H27ClN2O5/c1-4-33-23-12-19(14-28-22-11-18(26(31)32)8-7-17(22)3)21(27)13-24(23)34-15-25(30)29-20-9-5-16(2)6-10-20/h5-13,28H,4,14-15H2,1-3H3,(H,29,30)(H,31,32). The van der Waals surface area contributed by atoms with Gasteiger partial charge in [-0.2, -0.15) is 0 Å². The Morgan fingerprint density at radius 2 is 1.68 bits per heavy atom. The van der Waals surface area contributed by atoms with Gasteiger partial charge >= 0.3 is 5.97 Å². The van der Waals surface area contributed by atoms with E-state index in [4.69, 9.17) is 21.1 Å². The molecule has 0 aromatic heterocycles. The molecule has 3 N–H and O–H groups in total. The average molecular weight is 483 g/mol. The predicted octanol–water partition coefficient (Wildman–Crippen LogP) is 5.68. The summed E-state index contributed by atoms with van der Waals surface area (Å²) in [5, 5.41) is 15.7. The number of aromatic carboxylic acids is 1. The lowest BCUT2D eigenvalue weighted by molar-refractivity contribution is -0.118. The molecule has 0 aliphatic carbocycles. The molecule has 0 saturated carbocycles. The van der Waals surface area contributed by atoms with E-state index in [2.05, 4.69) is 10.6 Å². The van der Waals surface area contributed by atoms with Crippen LogP contribution in [-0.4, -0.2) is 30.2 Å². The first-order chi connectivity index (χ1) is 16.3. The second-order valence-electron chi connectivity index (χ2n) is 7.71. The highest BCUT2D eigenvalue weighted by Gasteiger charge is 2.14. The van der Waals surface area contributed by atoms with E-state index < -0.39 is 5.97 Å². The first kappa shape index (κ1) is 24.9. The van der Waals surface area contributed by atoms with Gasteiger partial charge in [0.2, 0.25) is 0 Å². The molecule has 3 aromatic rings. The number of anilines is 2. The van der Waals surface area contributed by atoms with E-state index in [1.807, 2.05) is 45.0 Å². The summed E-state index contributed by atoms with van der Waals surface area (Å²) in [5.74, 6) is -0.476. The zero-order valence-electron chi connectivity index (χ0n) is 19.3. The third kappa shape index (κ3) is 6.65. The van der Waals surface area contributed by atoms with Crippen LogP contribution in [0.2, 0.25) is 5.02 Å². The van der Waals surface area contributed by atoms with Crippen LogP contribution in [0, 0.1) is 13.8 Å². The van der Waals surface area contributed by atoms with Gasteiger partial charge in [0.15, 0.2) is 18.1 Å². The Morgan fingerprint density at radius 1 is 0.971 bits per heavy atom. The Kier molecular flexibility index (Phi) is 8.38. The molecule has 0 aliphatic heterocycles. The third-order valence-electron chi connectivity index (χ3n) is 5.06. The maximum atomic E-state index is 12.3. The van der Waals surface area contributed by atoms with Crippen LogP contribution < -0.4 is 20.1 Å². The number of halogens is 1. The minimum Gasteiger partial charge on any atom is -0.490 e. The smallest absolute Gasteiger partial charge is 0.335 e. The summed E-state index contributed by atoms with van der Waals surface area (Å²) in [4.78, 5) is 23.6. The second kappa shape index (κ2) is 11.4. The van der Waals surface area contributed by atoms with Gasteiger partial charge in [-0.05, 0) is 62.2 Å². The fourth-order valence-electron chi connectivity index (χ4n) is 3.21. The minimum atomic E-state index is -0.993. The molecule has 0 heterocycles. The first-order valence-electron chi connectivity index (χ1n) is 10.8. The molecular formula is C26H27ClN2O5. The van der Waals surface area contributed by atoms with E-state index >= 15 is 0 Å². The number of nitrogens with one attached hydrogen (secondary N) is 2. The zero-order chi connectivity index (χ0) is 24.7. The van der Waals surface area contributed by atoms with Gasteiger partial charge in [0.1, 0.15) is 0 Å². The molecule has 0 bridgehead atoms. The van der Waals surface area contributed by atoms with Crippen LogP contribution in [0.25, 0.3) is 0 Å². The number of hydrogen-bond acceptors (Lipinski definition) is 5. The number of rotatable bonds is 10. The van der Waals surface area contributed by atoms with Crippen LogP contribution in [0.5, 0.6) is 11.5 Å². The SMILES string of the molecule is CCOc1cc(CNc2cc(C(=O)O)ccc2C)c(Cl)cc1OCC(=O)Nc1ccc(C)cc1. The second-order valence-corrected chi connectivity index (χ2v) is 8.12. The molecule has 34 heavy (non-hydrogen) atoms. The summed E-state index contributed by atoms with van der Waals surface area (Å²) >= 11 is 6.48. The van der Waals surface area contributed by atoms with Crippen molar-refractivity contribution in [2.24, 2.45) is 0 Å². The molecular weight excluding hydrogens is 456 g/mol. The molecule has 0 radical (unpaired) electrons. The van der Waals surface area contributed by atoms with Gasteiger partial charge in [-0.25, -0.2) is 4.79 Å². The van der Waals surface area contributed by atoms with E-state index in [1.54, 1.807) is 30.3 Å². The van der Waals surface area contributed by atoms with Crippen LogP contribution >= 0.6 is 11.6 Å². The quantitative estimate of drug-likeness (QED) is 0.344. The Bertz CT molecular complexity index is 1180. The van der Waals surface area contributed by atoms with Crippen molar-refractivity contribution in [2.75, 3.05) is 23.8 Å². The molecule has 3 rings (SSSR count). The van der Waals surface area contributed by atoms with Gasteiger partial charge in [0.25, 0.3) is 5.91 Å². The highest BCUT2D eigenvalue weighted by atomic mass is 35.5. The highest BCUT2D eigenvalue weighted by Crippen LogP contribution is 2.34. The van der Waals surface area contributed by atoms with Crippen molar-refractivity contribution >= 4 is 34.9 Å². The van der Waals surface area contributed by atoms with Gasteiger partial charge in [-0.1, -0.05) is 35.4 Å². The summed E-state index contributed by atoms with van der Waals surface area (Å²) in [5.41, 5.74) is 4.33. The molecule has 0 aliphatic rings. The number of carboxylic acid groups (broad SMARTS) is 1. The van der Waals surface area contributed by atoms with Crippen LogP contribution in [0.1, 0.15) is 34.0 Å². The normalized spacial score (nSPS) is 10.5. The van der Waals surface area contributed by atoms with Gasteiger partial charge in [0.05, 0.1) is 12.2 Å². The van der Waals surface area contributed by atoms with Crippen LogP contribution in [0.15, 0.2) is 54.6 Å². The van der Waals surface area contributed by atoms with Crippen LogP contribution in [0.3, 0.4) is 0 Å². The first-order valence-corrected chi connectivity index (χ1v) is 11.2. The Hall–Kier alpha value is -3.71. The summed E-state index contributed by atoms with van der Waals surface area (Å²) in [7, 11) is 0. The topological polar surface area (TPSA) is 96.9 Å². The van der Waals surface area contributed by atoms with E-state index in [1.165, 1.54) is 0 Å². The molecule has 8 heteroatoms. The molecule has 1 amide bonds. The minimum absolute atomic E-state index is 0.196. The zero-order valence-corrected chi connectivity index (χ0v) is 20.0. The van der Waals surface area contributed by atoms with Crippen molar-refractivity contribution in [3.05, 3.63) is 81.9 Å². The summed E-state index contributed by atoms with van der Waals surface area (Å²) in [6.45, 7) is 6.25. The lowest BCUT2D eigenvalue weighted by atomic mass is 10.1. The van der Waals surface area contributed by atoms with E-state index in [0.29, 0.717) is 41.0 Å². The molecule has 0 unspecified atom stereocenters. The average Bonchev–Trinajstić information content (AvgIpc) is 2.80. The lowest BCUT2D eigenvalue weighted by Gasteiger charge is -2.16. The number of carboxylic acids is 1. The lowest BCUT2D eigenvalue weighted by Crippen LogP contribution is -2.20. The Balaban J connectivity index is 1.70. The number of aryl methyl sites for hydroxylation is 2. The predicted molar refractivity (Wildman–Crippen MR) is 133 cm³/mol. The van der Waals surface area contributed by atoms with Crippen LogP contribution in [0.4, 0.5) is 11.4 Å². The van der Waals surface area contributed by atoms with E-state index in [-0.39, 0.29) is 18.1 Å². The molecule has 0 saturated heterocycles. The molecule has 0 fully saturated rings. The third-order valence-corrected chi connectivity index (χ3v) is 5.41. The van der Waals surface area contributed by atoms with Gasteiger partial charge in [-0.3, -0.25) is 4.79 Å². The largest absolute Gasteiger partial charge is 0.490 e. The highest BCUT2D eigenvalue weighted by molar-refractivity contribution is 6.31. The van der Waals surface area contributed by atoms with E-state index in [9.17, 15) is 14.7 Å². The number of benzene rings is 3. The van der Waals surface area contributed by atoms with Crippen molar-refractivity contribution in [3.8, 4) is 11.5 Å². The fourth-order valence-corrected chi connectivity index (χ4v) is 3.43. The summed E-state index contributed by atoms with van der Waals surface area (Å²) < 4.78 is 11.4. The fraction of sp³-hybridized carbons (Fsp3) is 0.231. The number of carbonyl (C=O) groups is 2. The monoisotopic (exact) mass is 482 g/mol. The molecule has 178 valence electrons.